The Morgan fingerprint density at radius 2 is 1.91 bits per heavy atom. The maximum atomic E-state index is 12.0. The van der Waals surface area contributed by atoms with Crippen molar-refractivity contribution in [1.82, 2.24) is 15.2 Å². The van der Waals surface area contributed by atoms with Gasteiger partial charge in [-0.1, -0.05) is 29.8 Å². The Morgan fingerprint density at radius 3 is 2.52 bits per heavy atom. The predicted molar refractivity (Wildman–Crippen MR) is 88.6 cm³/mol. The Morgan fingerprint density at radius 1 is 1.17 bits per heavy atom. The Kier molecular flexibility index (Phi) is 6.11. The summed E-state index contributed by atoms with van der Waals surface area (Å²) in [6.07, 6.45) is 1.66. The number of hydrogen-bond donors (Lipinski definition) is 1. The topological polar surface area (TPSA) is 62.3 Å². The number of halogens is 1. The average Bonchev–Trinajstić information content (AvgIpc) is 2.54. The molecule has 1 aromatic carbocycles. The number of nitrogens with zero attached hydrogens (tertiary/aromatic N) is 2. The Labute approximate surface area is 140 Å². The van der Waals surface area contributed by atoms with Gasteiger partial charge in [0.1, 0.15) is 0 Å². The fraction of sp³-hybridized carbons (Fsp3) is 0.235. The largest absolute Gasteiger partial charge is 0.350 e. The molecule has 0 aliphatic carbocycles. The van der Waals surface area contributed by atoms with E-state index in [-0.39, 0.29) is 18.4 Å². The summed E-state index contributed by atoms with van der Waals surface area (Å²) >= 11 is 5.82. The first kappa shape index (κ1) is 17.0. The second-order valence-electron chi connectivity index (χ2n) is 5.10. The number of benzene rings is 1. The third-order valence-electron chi connectivity index (χ3n) is 3.26. The Balaban J connectivity index is 1.88. The van der Waals surface area contributed by atoms with Crippen LogP contribution < -0.4 is 5.32 Å². The minimum Gasteiger partial charge on any atom is -0.350 e. The van der Waals surface area contributed by atoms with Crippen LogP contribution in [0.15, 0.2) is 48.7 Å². The maximum absolute atomic E-state index is 12.0. The molecule has 0 saturated heterocycles. The molecule has 23 heavy (non-hydrogen) atoms. The second kappa shape index (κ2) is 8.29. The summed E-state index contributed by atoms with van der Waals surface area (Å²) in [5.41, 5.74) is 1.69. The highest BCUT2D eigenvalue weighted by Gasteiger charge is 2.14. The van der Waals surface area contributed by atoms with Gasteiger partial charge in [0.15, 0.2) is 0 Å². The first-order valence-corrected chi connectivity index (χ1v) is 7.59. The minimum absolute atomic E-state index is 0.000499. The molecular weight excluding hydrogens is 314 g/mol. The van der Waals surface area contributed by atoms with E-state index in [9.17, 15) is 9.59 Å². The predicted octanol–water partition coefficient (Wildman–Crippen LogP) is 2.40. The standard InChI is InChI=1S/C17H18ClN3O2/c1-13(22)21(11-16-4-2-3-9-19-16)12-17(23)20-10-14-5-7-15(18)8-6-14/h2-9H,10-12H2,1H3,(H,20,23). The first-order valence-electron chi connectivity index (χ1n) is 7.21. The van der Waals surface area contributed by atoms with Crippen LogP contribution in [0.4, 0.5) is 0 Å². The van der Waals surface area contributed by atoms with E-state index in [4.69, 9.17) is 11.6 Å². The van der Waals surface area contributed by atoms with Gasteiger partial charge in [-0.3, -0.25) is 14.6 Å². The van der Waals surface area contributed by atoms with Crippen LogP contribution in [0.5, 0.6) is 0 Å². The normalized spacial score (nSPS) is 10.2. The quantitative estimate of drug-likeness (QED) is 0.884. The molecule has 0 spiro atoms. The van der Waals surface area contributed by atoms with E-state index in [0.717, 1.165) is 11.3 Å². The molecule has 0 unspecified atom stereocenters. The van der Waals surface area contributed by atoms with Crippen molar-refractivity contribution in [2.45, 2.75) is 20.0 Å². The zero-order valence-electron chi connectivity index (χ0n) is 12.8. The lowest BCUT2D eigenvalue weighted by Gasteiger charge is -2.20. The highest BCUT2D eigenvalue weighted by atomic mass is 35.5. The molecule has 1 N–H and O–H groups in total. The molecule has 0 fully saturated rings. The van der Waals surface area contributed by atoms with E-state index < -0.39 is 0 Å². The van der Waals surface area contributed by atoms with Gasteiger partial charge in [0.25, 0.3) is 0 Å². The van der Waals surface area contributed by atoms with E-state index in [1.165, 1.54) is 11.8 Å². The monoisotopic (exact) mass is 331 g/mol. The van der Waals surface area contributed by atoms with Crippen molar-refractivity contribution in [3.05, 3.63) is 64.9 Å². The van der Waals surface area contributed by atoms with Crippen LogP contribution in [-0.4, -0.2) is 28.2 Å². The molecular formula is C17H18ClN3O2. The smallest absolute Gasteiger partial charge is 0.239 e. The van der Waals surface area contributed by atoms with E-state index >= 15 is 0 Å². The van der Waals surface area contributed by atoms with Gasteiger partial charge in [-0.15, -0.1) is 0 Å². The number of carbonyl (C=O) groups excluding carboxylic acids is 2. The van der Waals surface area contributed by atoms with Gasteiger partial charge in [0.2, 0.25) is 11.8 Å². The average molecular weight is 332 g/mol. The summed E-state index contributed by atoms with van der Waals surface area (Å²) in [5, 5.41) is 3.44. The number of carbonyl (C=O) groups is 2. The van der Waals surface area contributed by atoms with Crippen LogP contribution >= 0.6 is 11.6 Å². The van der Waals surface area contributed by atoms with Gasteiger partial charge in [-0.25, -0.2) is 0 Å². The van der Waals surface area contributed by atoms with Gasteiger partial charge in [-0.05, 0) is 29.8 Å². The lowest BCUT2D eigenvalue weighted by atomic mass is 10.2. The van der Waals surface area contributed by atoms with Gasteiger partial charge in [-0.2, -0.15) is 0 Å². The number of pyridine rings is 1. The molecule has 0 aliphatic heterocycles. The molecule has 0 saturated carbocycles. The highest BCUT2D eigenvalue weighted by molar-refractivity contribution is 6.30. The van der Waals surface area contributed by atoms with Crippen molar-refractivity contribution in [2.24, 2.45) is 0 Å². The van der Waals surface area contributed by atoms with Gasteiger partial charge < -0.3 is 10.2 Å². The molecule has 0 bridgehead atoms. The summed E-state index contributed by atoms with van der Waals surface area (Å²) in [6.45, 7) is 2.14. The van der Waals surface area contributed by atoms with Crippen LogP contribution in [-0.2, 0) is 22.7 Å². The molecule has 2 aromatic rings. The van der Waals surface area contributed by atoms with Crippen molar-refractivity contribution >= 4 is 23.4 Å². The van der Waals surface area contributed by atoms with E-state index in [1.54, 1.807) is 24.4 Å². The van der Waals surface area contributed by atoms with Crippen LogP contribution in [0, 0.1) is 0 Å². The third-order valence-corrected chi connectivity index (χ3v) is 3.51. The summed E-state index contributed by atoms with van der Waals surface area (Å²) in [4.78, 5) is 29.4. The number of hydrogen-bond acceptors (Lipinski definition) is 3. The van der Waals surface area contributed by atoms with Crippen LogP contribution in [0.3, 0.4) is 0 Å². The zero-order valence-corrected chi connectivity index (χ0v) is 13.6. The fourth-order valence-electron chi connectivity index (χ4n) is 2.00. The van der Waals surface area contributed by atoms with Crippen molar-refractivity contribution in [3.63, 3.8) is 0 Å². The molecule has 0 atom stereocenters. The van der Waals surface area contributed by atoms with E-state index in [2.05, 4.69) is 10.3 Å². The summed E-state index contributed by atoms with van der Waals surface area (Å²) in [5.74, 6) is -0.386. The summed E-state index contributed by atoms with van der Waals surface area (Å²) in [7, 11) is 0. The minimum atomic E-state index is -0.217. The molecule has 1 heterocycles. The molecule has 5 nitrogen and oxygen atoms in total. The zero-order chi connectivity index (χ0) is 16.7. The van der Waals surface area contributed by atoms with E-state index in [0.29, 0.717) is 18.1 Å². The second-order valence-corrected chi connectivity index (χ2v) is 5.54. The number of nitrogens with one attached hydrogen (secondary N) is 1. The van der Waals surface area contributed by atoms with Crippen molar-refractivity contribution in [3.8, 4) is 0 Å². The summed E-state index contributed by atoms with van der Waals surface area (Å²) < 4.78 is 0. The van der Waals surface area contributed by atoms with Crippen LogP contribution in [0.1, 0.15) is 18.2 Å². The number of aromatic nitrogens is 1. The highest BCUT2D eigenvalue weighted by Crippen LogP contribution is 2.09. The van der Waals surface area contributed by atoms with E-state index in [1.807, 2.05) is 24.3 Å². The lowest BCUT2D eigenvalue weighted by molar-refractivity contribution is -0.135. The Bertz CT molecular complexity index is 659. The van der Waals surface area contributed by atoms with Gasteiger partial charge >= 0.3 is 0 Å². The van der Waals surface area contributed by atoms with Crippen molar-refractivity contribution in [2.75, 3.05) is 6.54 Å². The summed E-state index contributed by atoms with van der Waals surface area (Å²) in [6, 6.07) is 12.7. The van der Waals surface area contributed by atoms with Crippen molar-refractivity contribution in [1.29, 1.82) is 0 Å². The molecule has 2 rings (SSSR count). The van der Waals surface area contributed by atoms with Crippen LogP contribution in [0.25, 0.3) is 0 Å². The first-order chi connectivity index (χ1) is 11.0. The number of amides is 2. The molecule has 2 amide bonds. The molecule has 120 valence electrons. The number of rotatable bonds is 6. The molecule has 0 aliphatic rings. The van der Waals surface area contributed by atoms with Crippen LogP contribution in [0.2, 0.25) is 5.02 Å². The van der Waals surface area contributed by atoms with Crippen molar-refractivity contribution < 1.29 is 9.59 Å². The maximum Gasteiger partial charge on any atom is 0.239 e. The third kappa shape index (κ3) is 5.71. The molecule has 6 heteroatoms. The Hall–Kier alpha value is -2.40. The molecule has 1 aromatic heterocycles. The lowest BCUT2D eigenvalue weighted by Crippen LogP contribution is -2.39. The SMILES string of the molecule is CC(=O)N(CC(=O)NCc1ccc(Cl)cc1)Cc1ccccn1. The van der Waals surface area contributed by atoms with Gasteiger partial charge in [0.05, 0.1) is 18.8 Å². The fourth-order valence-corrected chi connectivity index (χ4v) is 2.12. The van der Waals surface area contributed by atoms with Gasteiger partial charge in [0, 0.05) is 24.7 Å². The molecule has 0 radical (unpaired) electrons.